The minimum atomic E-state index is 0.345. The highest BCUT2D eigenvalue weighted by molar-refractivity contribution is 6.35. The Balaban J connectivity index is 2.64. The van der Waals surface area contributed by atoms with Crippen molar-refractivity contribution in [3.8, 4) is 0 Å². The average Bonchev–Trinajstić information content (AvgIpc) is 2.23. The molecule has 0 spiro atoms. The Labute approximate surface area is 101 Å². The molecule has 0 bridgehead atoms. The lowest BCUT2D eigenvalue weighted by molar-refractivity contribution is 0.508. The second kappa shape index (κ2) is 6.33. The van der Waals surface area contributed by atoms with E-state index in [1.807, 2.05) is 18.2 Å². The number of halogens is 2. The lowest BCUT2D eigenvalue weighted by Crippen LogP contribution is -2.23. The van der Waals surface area contributed by atoms with E-state index >= 15 is 0 Å². The summed E-state index contributed by atoms with van der Waals surface area (Å²) in [6.45, 7) is 1.22. The van der Waals surface area contributed by atoms with E-state index in [1.54, 1.807) is 0 Å². The molecular formula is C11H16Cl2N2. The van der Waals surface area contributed by atoms with Gasteiger partial charge in [-0.05, 0) is 49.5 Å². The maximum atomic E-state index is 6.05. The maximum absolute atomic E-state index is 6.05. The molecule has 0 aromatic heterocycles. The third-order valence-corrected chi connectivity index (χ3v) is 3.24. The van der Waals surface area contributed by atoms with Crippen molar-refractivity contribution in [2.75, 3.05) is 13.1 Å². The average molecular weight is 247 g/mol. The van der Waals surface area contributed by atoms with Crippen molar-refractivity contribution in [1.82, 2.24) is 0 Å². The summed E-state index contributed by atoms with van der Waals surface area (Å²) in [5.74, 6) is 0.345. The van der Waals surface area contributed by atoms with Crippen LogP contribution in [0.1, 0.15) is 12.0 Å². The van der Waals surface area contributed by atoms with E-state index in [1.165, 1.54) is 0 Å². The third-order valence-electron chi connectivity index (χ3n) is 2.53. The molecule has 4 heteroatoms. The lowest BCUT2D eigenvalue weighted by atomic mass is 9.99. The zero-order chi connectivity index (χ0) is 11.3. The molecule has 0 aliphatic carbocycles. The number of hydrogen-bond donors (Lipinski definition) is 2. The largest absolute Gasteiger partial charge is 0.330 e. The standard InChI is InChI=1S/C11H16Cl2N2/c12-10-2-1-3-11(13)9(10)5-4-8(6-14)7-15/h1-3,8H,4-7,14-15H2. The van der Waals surface area contributed by atoms with Crippen LogP contribution in [-0.2, 0) is 6.42 Å². The smallest absolute Gasteiger partial charge is 0.0452 e. The van der Waals surface area contributed by atoms with E-state index in [4.69, 9.17) is 34.7 Å². The summed E-state index contributed by atoms with van der Waals surface area (Å²) in [7, 11) is 0. The van der Waals surface area contributed by atoms with Crippen molar-refractivity contribution in [1.29, 1.82) is 0 Å². The lowest BCUT2D eigenvalue weighted by Gasteiger charge is -2.13. The van der Waals surface area contributed by atoms with Gasteiger partial charge in [-0.1, -0.05) is 29.3 Å². The Morgan fingerprint density at radius 3 is 2.07 bits per heavy atom. The summed E-state index contributed by atoms with van der Waals surface area (Å²) in [6, 6.07) is 5.54. The fourth-order valence-corrected chi connectivity index (χ4v) is 2.04. The molecule has 1 rings (SSSR count). The van der Waals surface area contributed by atoms with E-state index in [0.717, 1.165) is 28.5 Å². The molecule has 0 heterocycles. The Kier molecular flexibility index (Phi) is 5.40. The molecule has 0 aliphatic rings. The van der Waals surface area contributed by atoms with Crippen LogP contribution in [0.15, 0.2) is 18.2 Å². The van der Waals surface area contributed by atoms with Crippen LogP contribution < -0.4 is 11.5 Å². The predicted molar refractivity (Wildman–Crippen MR) is 66.4 cm³/mol. The Morgan fingerprint density at radius 1 is 1.07 bits per heavy atom. The van der Waals surface area contributed by atoms with Gasteiger partial charge in [0, 0.05) is 10.0 Å². The van der Waals surface area contributed by atoms with Gasteiger partial charge in [-0.2, -0.15) is 0 Å². The van der Waals surface area contributed by atoms with Gasteiger partial charge in [-0.15, -0.1) is 0 Å². The van der Waals surface area contributed by atoms with Gasteiger partial charge in [-0.3, -0.25) is 0 Å². The molecule has 0 amide bonds. The van der Waals surface area contributed by atoms with Gasteiger partial charge in [0.2, 0.25) is 0 Å². The minimum absolute atomic E-state index is 0.345. The predicted octanol–water partition coefficient (Wildman–Crippen LogP) is 2.46. The first-order valence-electron chi connectivity index (χ1n) is 5.02. The van der Waals surface area contributed by atoms with Crippen LogP contribution in [0.25, 0.3) is 0 Å². The molecule has 0 radical (unpaired) electrons. The quantitative estimate of drug-likeness (QED) is 0.839. The van der Waals surface area contributed by atoms with Crippen molar-refractivity contribution < 1.29 is 0 Å². The molecule has 0 fully saturated rings. The summed E-state index contributed by atoms with van der Waals surface area (Å²) in [5, 5.41) is 1.44. The summed E-state index contributed by atoms with van der Waals surface area (Å²) in [6.07, 6.45) is 1.76. The molecule has 1 aromatic carbocycles. The number of hydrogen-bond acceptors (Lipinski definition) is 2. The molecule has 84 valence electrons. The topological polar surface area (TPSA) is 52.0 Å². The fourth-order valence-electron chi connectivity index (χ4n) is 1.45. The van der Waals surface area contributed by atoms with Crippen molar-refractivity contribution in [2.24, 2.45) is 17.4 Å². The number of benzene rings is 1. The zero-order valence-corrected chi connectivity index (χ0v) is 10.1. The zero-order valence-electron chi connectivity index (χ0n) is 8.55. The molecule has 0 atom stereocenters. The van der Waals surface area contributed by atoms with Gasteiger partial charge >= 0.3 is 0 Å². The van der Waals surface area contributed by atoms with Crippen molar-refractivity contribution >= 4 is 23.2 Å². The summed E-state index contributed by atoms with van der Waals surface area (Å²) >= 11 is 12.1. The van der Waals surface area contributed by atoms with Gasteiger partial charge in [0.05, 0.1) is 0 Å². The molecule has 0 saturated heterocycles. The van der Waals surface area contributed by atoms with E-state index in [2.05, 4.69) is 0 Å². The van der Waals surface area contributed by atoms with Crippen LogP contribution in [0.4, 0.5) is 0 Å². The highest BCUT2D eigenvalue weighted by Gasteiger charge is 2.09. The van der Waals surface area contributed by atoms with Gasteiger partial charge in [0.1, 0.15) is 0 Å². The molecule has 0 saturated carbocycles. The van der Waals surface area contributed by atoms with Crippen LogP contribution in [-0.4, -0.2) is 13.1 Å². The summed E-state index contributed by atoms with van der Waals surface area (Å²) in [5.41, 5.74) is 12.1. The van der Waals surface area contributed by atoms with Gasteiger partial charge in [0.15, 0.2) is 0 Å². The van der Waals surface area contributed by atoms with E-state index in [9.17, 15) is 0 Å². The van der Waals surface area contributed by atoms with Crippen molar-refractivity contribution in [3.05, 3.63) is 33.8 Å². The van der Waals surface area contributed by atoms with Gasteiger partial charge < -0.3 is 11.5 Å². The van der Waals surface area contributed by atoms with Crippen LogP contribution >= 0.6 is 23.2 Å². The Bertz CT molecular complexity index is 291. The van der Waals surface area contributed by atoms with Crippen LogP contribution in [0.5, 0.6) is 0 Å². The monoisotopic (exact) mass is 246 g/mol. The maximum Gasteiger partial charge on any atom is 0.0452 e. The molecule has 15 heavy (non-hydrogen) atoms. The van der Waals surface area contributed by atoms with Gasteiger partial charge in [0.25, 0.3) is 0 Å². The van der Waals surface area contributed by atoms with Crippen molar-refractivity contribution in [2.45, 2.75) is 12.8 Å². The second-order valence-corrected chi connectivity index (χ2v) is 4.39. The molecule has 0 unspecified atom stereocenters. The highest BCUT2D eigenvalue weighted by atomic mass is 35.5. The molecular weight excluding hydrogens is 231 g/mol. The van der Waals surface area contributed by atoms with Crippen molar-refractivity contribution in [3.63, 3.8) is 0 Å². The van der Waals surface area contributed by atoms with E-state index < -0.39 is 0 Å². The number of nitrogens with two attached hydrogens (primary N) is 2. The summed E-state index contributed by atoms with van der Waals surface area (Å²) < 4.78 is 0. The fraction of sp³-hybridized carbons (Fsp3) is 0.455. The van der Waals surface area contributed by atoms with E-state index in [0.29, 0.717) is 19.0 Å². The second-order valence-electron chi connectivity index (χ2n) is 3.58. The van der Waals surface area contributed by atoms with E-state index in [-0.39, 0.29) is 0 Å². The first kappa shape index (κ1) is 12.8. The number of rotatable bonds is 5. The van der Waals surface area contributed by atoms with Crippen LogP contribution in [0.2, 0.25) is 10.0 Å². The van der Waals surface area contributed by atoms with Crippen LogP contribution in [0.3, 0.4) is 0 Å². The first-order chi connectivity index (χ1) is 7.19. The SMILES string of the molecule is NCC(CN)CCc1c(Cl)cccc1Cl. The highest BCUT2D eigenvalue weighted by Crippen LogP contribution is 2.26. The molecule has 0 aliphatic heterocycles. The van der Waals surface area contributed by atoms with Gasteiger partial charge in [-0.25, -0.2) is 0 Å². The normalized spacial score (nSPS) is 11.0. The molecule has 4 N–H and O–H groups in total. The molecule has 2 nitrogen and oxygen atoms in total. The Hall–Kier alpha value is -0.280. The summed E-state index contributed by atoms with van der Waals surface area (Å²) in [4.78, 5) is 0. The van der Waals surface area contributed by atoms with Crippen LogP contribution in [0, 0.1) is 5.92 Å². The first-order valence-corrected chi connectivity index (χ1v) is 5.77. The third kappa shape index (κ3) is 3.65. The Morgan fingerprint density at radius 2 is 1.60 bits per heavy atom. The molecule has 1 aromatic rings. The minimum Gasteiger partial charge on any atom is -0.330 e.